The minimum Gasteiger partial charge on any atom is -0.271 e. The Hall–Kier alpha value is -1.65. The molecular formula is C15H22N4. The highest BCUT2D eigenvalue weighted by molar-refractivity contribution is 5.33. The van der Waals surface area contributed by atoms with Crippen LogP contribution in [0.3, 0.4) is 0 Å². The number of hydrogen-bond acceptors (Lipinski definition) is 3. The number of rotatable bonds is 6. The number of para-hydroxylation sites is 1. The molecule has 3 N–H and O–H groups in total. The summed E-state index contributed by atoms with van der Waals surface area (Å²) in [6, 6.07) is 12.3. The molecule has 4 heteroatoms. The lowest BCUT2D eigenvalue weighted by Crippen LogP contribution is -2.30. The van der Waals surface area contributed by atoms with Crippen LogP contribution in [0.5, 0.6) is 0 Å². The van der Waals surface area contributed by atoms with Crippen LogP contribution in [0.25, 0.3) is 5.69 Å². The van der Waals surface area contributed by atoms with Gasteiger partial charge in [-0.1, -0.05) is 32.0 Å². The van der Waals surface area contributed by atoms with E-state index in [0.29, 0.717) is 5.92 Å². The molecule has 0 spiro atoms. The standard InChI is InChI=1S/C15H22N4/c1-12(2)8-9-14(18-16)15-10-11-17-19(15)13-6-4-3-5-7-13/h3-7,10-12,14,18H,8-9,16H2,1-2H3. The smallest absolute Gasteiger partial charge is 0.0649 e. The zero-order valence-corrected chi connectivity index (χ0v) is 11.6. The average Bonchev–Trinajstić information content (AvgIpc) is 2.89. The van der Waals surface area contributed by atoms with Crippen LogP contribution in [0.1, 0.15) is 38.4 Å². The summed E-state index contributed by atoms with van der Waals surface area (Å²) in [5.74, 6) is 6.38. The third-order valence-electron chi connectivity index (χ3n) is 3.26. The first-order valence-corrected chi connectivity index (χ1v) is 6.78. The monoisotopic (exact) mass is 258 g/mol. The molecule has 1 aromatic carbocycles. The minimum absolute atomic E-state index is 0.130. The SMILES string of the molecule is CC(C)CCC(NN)c1ccnn1-c1ccccc1. The number of nitrogens with zero attached hydrogens (tertiary/aromatic N) is 2. The van der Waals surface area contributed by atoms with Gasteiger partial charge in [-0.15, -0.1) is 0 Å². The molecule has 0 aliphatic heterocycles. The normalized spacial score (nSPS) is 12.8. The van der Waals surface area contributed by atoms with Crippen molar-refractivity contribution < 1.29 is 0 Å². The number of aromatic nitrogens is 2. The number of benzene rings is 1. The average molecular weight is 258 g/mol. The Balaban J connectivity index is 2.22. The van der Waals surface area contributed by atoms with Gasteiger partial charge in [0.1, 0.15) is 0 Å². The van der Waals surface area contributed by atoms with Crippen molar-refractivity contribution in [2.45, 2.75) is 32.7 Å². The van der Waals surface area contributed by atoms with Crippen LogP contribution < -0.4 is 11.3 Å². The van der Waals surface area contributed by atoms with E-state index in [1.165, 1.54) is 0 Å². The Kier molecular flexibility index (Phi) is 4.71. The van der Waals surface area contributed by atoms with Crippen molar-refractivity contribution >= 4 is 0 Å². The van der Waals surface area contributed by atoms with Gasteiger partial charge in [0.2, 0.25) is 0 Å². The molecule has 2 rings (SSSR count). The lowest BCUT2D eigenvalue weighted by molar-refractivity contribution is 0.434. The van der Waals surface area contributed by atoms with Crippen LogP contribution in [0.15, 0.2) is 42.6 Å². The van der Waals surface area contributed by atoms with E-state index in [4.69, 9.17) is 5.84 Å². The van der Waals surface area contributed by atoms with E-state index in [9.17, 15) is 0 Å². The second-order valence-corrected chi connectivity index (χ2v) is 5.19. The van der Waals surface area contributed by atoms with Crippen molar-refractivity contribution in [3.63, 3.8) is 0 Å². The van der Waals surface area contributed by atoms with Gasteiger partial charge in [-0.3, -0.25) is 11.3 Å². The maximum Gasteiger partial charge on any atom is 0.0649 e. The maximum atomic E-state index is 5.71. The third-order valence-corrected chi connectivity index (χ3v) is 3.26. The predicted molar refractivity (Wildman–Crippen MR) is 77.7 cm³/mol. The summed E-state index contributed by atoms with van der Waals surface area (Å²) >= 11 is 0. The summed E-state index contributed by atoms with van der Waals surface area (Å²) in [6.45, 7) is 4.45. The second kappa shape index (κ2) is 6.50. The first kappa shape index (κ1) is 13.8. The highest BCUT2D eigenvalue weighted by Gasteiger charge is 2.16. The van der Waals surface area contributed by atoms with E-state index in [1.54, 1.807) is 0 Å². The van der Waals surface area contributed by atoms with Gasteiger partial charge < -0.3 is 0 Å². The van der Waals surface area contributed by atoms with E-state index in [0.717, 1.165) is 24.2 Å². The topological polar surface area (TPSA) is 55.9 Å². The molecule has 19 heavy (non-hydrogen) atoms. The van der Waals surface area contributed by atoms with Gasteiger partial charge in [0.25, 0.3) is 0 Å². The molecule has 102 valence electrons. The van der Waals surface area contributed by atoms with E-state index < -0.39 is 0 Å². The van der Waals surface area contributed by atoms with Crippen LogP contribution >= 0.6 is 0 Å². The highest BCUT2D eigenvalue weighted by atomic mass is 15.3. The molecule has 1 atom stereocenters. The van der Waals surface area contributed by atoms with Gasteiger partial charge >= 0.3 is 0 Å². The molecule has 1 unspecified atom stereocenters. The van der Waals surface area contributed by atoms with Gasteiger partial charge in [0.15, 0.2) is 0 Å². The summed E-state index contributed by atoms with van der Waals surface area (Å²) in [7, 11) is 0. The highest BCUT2D eigenvalue weighted by Crippen LogP contribution is 2.22. The molecular weight excluding hydrogens is 236 g/mol. The van der Waals surface area contributed by atoms with Crippen LogP contribution in [0.2, 0.25) is 0 Å². The molecule has 0 saturated heterocycles. The molecule has 0 aliphatic rings. The Bertz CT molecular complexity index is 490. The number of nitrogens with two attached hydrogens (primary N) is 1. The van der Waals surface area contributed by atoms with Crippen molar-refractivity contribution in [3.05, 3.63) is 48.3 Å². The fraction of sp³-hybridized carbons (Fsp3) is 0.400. The maximum absolute atomic E-state index is 5.71. The molecule has 0 bridgehead atoms. The number of hydrogen-bond donors (Lipinski definition) is 2. The first-order valence-electron chi connectivity index (χ1n) is 6.78. The zero-order valence-electron chi connectivity index (χ0n) is 11.6. The van der Waals surface area contributed by atoms with E-state index in [2.05, 4.69) is 24.4 Å². The zero-order chi connectivity index (χ0) is 13.7. The Morgan fingerprint density at radius 3 is 2.53 bits per heavy atom. The summed E-state index contributed by atoms with van der Waals surface area (Å²) in [6.07, 6.45) is 3.96. The quantitative estimate of drug-likeness (QED) is 0.619. The third kappa shape index (κ3) is 3.43. The molecule has 0 radical (unpaired) electrons. The summed E-state index contributed by atoms with van der Waals surface area (Å²) in [5.41, 5.74) is 5.08. The first-order chi connectivity index (χ1) is 9.22. The Morgan fingerprint density at radius 1 is 1.16 bits per heavy atom. The summed E-state index contributed by atoms with van der Waals surface area (Å²) in [5, 5.41) is 4.40. The largest absolute Gasteiger partial charge is 0.271 e. The number of nitrogens with one attached hydrogen (secondary N) is 1. The van der Waals surface area contributed by atoms with Crippen molar-refractivity contribution in [1.82, 2.24) is 15.2 Å². The van der Waals surface area contributed by atoms with E-state index >= 15 is 0 Å². The molecule has 1 aromatic heterocycles. The van der Waals surface area contributed by atoms with Crippen molar-refractivity contribution in [2.24, 2.45) is 11.8 Å². The lowest BCUT2D eigenvalue weighted by atomic mass is 10.0. The van der Waals surface area contributed by atoms with Crippen LogP contribution in [0.4, 0.5) is 0 Å². The minimum atomic E-state index is 0.130. The van der Waals surface area contributed by atoms with Crippen LogP contribution in [-0.4, -0.2) is 9.78 Å². The summed E-state index contributed by atoms with van der Waals surface area (Å²) < 4.78 is 1.95. The molecule has 0 saturated carbocycles. The Labute approximate surface area is 114 Å². The van der Waals surface area contributed by atoms with E-state index in [-0.39, 0.29) is 6.04 Å². The molecule has 0 aliphatic carbocycles. The second-order valence-electron chi connectivity index (χ2n) is 5.19. The van der Waals surface area contributed by atoms with Crippen LogP contribution in [-0.2, 0) is 0 Å². The summed E-state index contributed by atoms with van der Waals surface area (Å²) in [4.78, 5) is 0. The van der Waals surface area contributed by atoms with Crippen molar-refractivity contribution in [3.8, 4) is 5.69 Å². The molecule has 0 fully saturated rings. The van der Waals surface area contributed by atoms with Crippen molar-refractivity contribution in [2.75, 3.05) is 0 Å². The molecule has 1 heterocycles. The fourth-order valence-corrected chi connectivity index (χ4v) is 2.18. The fourth-order valence-electron chi connectivity index (χ4n) is 2.18. The molecule has 2 aromatic rings. The van der Waals surface area contributed by atoms with Crippen LogP contribution in [0, 0.1) is 5.92 Å². The number of hydrazine groups is 1. The van der Waals surface area contributed by atoms with Gasteiger partial charge in [-0.25, -0.2) is 4.68 Å². The Morgan fingerprint density at radius 2 is 1.89 bits per heavy atom. The van der Waals surface area contributed by atoms with Gasteiger partial charge in [-0.05, 0) is 37.0 Å². The molecule has 0 amide bonds. The molecule has 4 nitrogen and oxygen atoms in total. The van der Waals surface area contributed by atoms with Crippen molar-refractivity contribution in [1.29, 1.82) is 0 Å². The van der Waals surface area contributed by atoms with E-state index in [1.807, 2.05) is 47.3 Å². The lowest BCUT2D eigenvalue weighted by Gasteiger charge is -2.18. The van der Waals surface area contributed by atoms with Gasteiger partial charge in [0, 0.05) is 6.20 Å². The van der Waals surface area contributed by atoms with Gasteiger partial charge in [-0.2, -0.15) is 5.10 Å². The predicted octanol–water partition coefficient (Wildman–Crippen LogP) is 2.81. The van der Waals surface area contributed by atoms with Gasteiger partial charge in [0.05, 0.1) is 17.4 Å².